The third kappa shape index (κ3) is 11.0. The minimum Gasteiger partial charge on any atom is -0.449 e. The quantitative estimate of drug-likeness (QED) is 0.120. The molecular formula is C35H43F3O3. The van der Waals surface area contributed by atoms with E-state index in [0.29, 0.717) is 32.5 Å². The van der Waals surface area contributed by atoms with Crippen LogP contribution in [0, 0.1) is 0 Å². The predicted molar refractivity (Wildman–Crippen MR) is 160 cm³/mol. The molecule has 6 heteroatoms. The zero-order valence-corrected chi connectivity index (χ0v) is 24.3. The molecule has 0 N–H and O–H groups in total. The summed E-state index contributed by atoms with van der Waals surface area (Å²) in [7, 11) is 0. The van der Waals surface area contributed by atoms with Gasteiger partial charge in [0.2, 0.25) is 0 Å². The van der Waals surface area contributed by atoms with Gasteiger partial charge in [-0.05, 0) is 79.0 Å². The summed E-state index contributed by atoms with van der Waals surface area (Å²) in [6.07, 6.45) is 2.09. The first-order valence-corrected chi connectivity index (χ1v) is 15.0. The zero-order chi connectivity index (χ0) is 29.5. The number of benzene rings is 3. The molecule has 0 spiro atoms. The zero-order valence-electron chi connectivity index (χ0n) is 24.3. The van der Waals surface area contributed by atoms with Crippen molar-refractivity contribution >= 4 is 5.97 Å². The van der Waals surface area contributed by atoms with Crippen molar-refractivity contribution in [3.8, 4) is 22.3 Å². The molecule has 0 fully saturated rings. The lowest BCUT2D eigenvalue weighted by Crippen LogP contribution is -2.33. The van der Waals surface area contributed by atoms with E-state index in [2.05, 4.69) is 43.3 Å². The van der Waals surface area contributed by atoms with E-state index in [1.54, 1.807) is 12.1 Å². The number of alkyl halides is 3. The summed E-state index contributed by atoms with van der Waals surface area (Å²) in [5.41, 5.74) is 5.55. The maximum absolute atomic E-state index is 13.5. The van der Waals surface area contributed by atoms with Crippen LogP contribution < -0.4 is 0 Å². The Labute approximate surface area is 243 Å². The van der Waals surface area contributed by atoms with E-state index in [0.717, 1.165) is 28.7 Å². The number of carbonyl (C=O) groups is 1. The molecule has 41 heavy (non-hydrogen) atoms. The summed E-state index contributed by atoms with van der Waals surface area (Å²) >= 11 is 0. The largest absolute Gasteiger partial charge is 0.449 e. The molecule has 0 amide bonds. The van der Waals surface area contributed by atoms with Gasteiger partial charge in [-0.3, -0.25) is 0 Å². The fraction of sp³-hybridized carbons (Fsp3) is 0.457. The van der Waals surface area contributed by atoms with Gasteiger partial charge in [0.1, 0.15) is 0 Å². The molecule has 222 valence electrons. The fourth-order valence-corrected chi connectivity index (χ4v) is 4.79. The van der Waals surface area contributed by atoms with E-state index in [9.17, 15) is 18.0 Å². The SMILES string of the molecule is CCCCCCCc1ccc(-c2ccc(-c3ccc(C(=O)O[C@@H](CCCCCOCC)C(F)(F)F)cc3)cc2)cc1. The minimum absolute atomic E-state index is 0.0985. The van der Waals surface area contributed by atoms with Gasteiger partial charge in [-0.25, -0.2) is 4.79 Å². The van der Waals surface area contributed by atoms with Crippen LogP contribution in [0.5, 0.6) is 0 Å². The lowest BCUT2D eigenvalue weighted by molar-refractivity contribution is -0.206. The number of rotatable bonds is 17. The van der Waals surface area contributed by atoms with Crippen molar-refractivity contribution in [3.63, 3.8) is 0 Å². The lowest BCUT2D eigenvalue weighted by Gasteiger charge is -2.20. The maximum Gasteiger partial charge on any atom is 0.425 e. The van der Waals surface area contributed by atoms with E-state index in [1.165, 1.54) is 49.8 Å². The van der Waals surface area contributed by atoms with Crippen LogP contribution in [0.15, 0.2) is 72.8 Å². The molecule has 3 nitrogen and oxygen atoms in total. The Morgan fingerprint density at radius 3 is 1.73 bits per heavy atom. The summed E-state index contributed by atoms with van der Waals surface area (Å²) in [5.74, 6) is -0.965. The third-order valence-corrected chi connectivity index (χ3v) is 7.27. The van der Waals surface area contributed by atoms with E-state index in [1.807, 2.05) is 19.1 Å². The number of halogens is 3. The lowest BCUT2D eigenvalue weighted by atomic mass is 9.98. The van der Waals surface area contributed by atoms with Gasteiger partial charge in [0, 0.05) is 13.2 Å². The van der Waals surface area contributed by atoms with Gasteiger partial charge in [0.15, 0.2) is 6.10 Å². The molecule has 0 saturated heterocycles. The van der Waals surface area contributed by atoms with Crippen molar-refractivity contribution < 1.29 is 27.4 Å². The number of ether oxygens (including phenoxy) is 2. The fourth-order valence-electron chi connectivity index (χ4n) is 4.79. The highest BCUT2D eigenvalue weighted by molar-refractivity contribution is 5.90. The Balaban J connectivity index is 1.54. The van der Waals surface area contributed by atoms with Crippen LogP contribution in [-0.2, 0) is 15.9 Å². The average Bonchev–Trinajstić information content (AvgIpc) is 2.98. The number of hydrogen-bond acceptors (Lipinski definition) is 3. The standard InChI is InChI=1S/C35H43F3O3/c1-3-5-6-7-9-12-27-14-16-28(17-15-27)29-18-20-30(21-19-29)31-22-24-32(25-23-31)34(39)41-33(35(36,37)38)13-10-8-11-26-40-4-2/h14-25,33H,3-13,26H2,1-2H3/t33-/m0/s1. The van der Waals surface area contributed by atoms with Crippen molar-refractivity contribution in [2.24, 2.45) is 0 Å². The molecule has 0 aliphatic rings. The average molecular weight is 569 g/mol. The molecule has 0 radical (unpaired) electrons. The van der Waals surface area contributed by atoms with Gasteiger partial charge in [-0.1, -0.05) is 99.7 Å². The van der Waals surface area contributed by atoms with Crippen LogP contribution in [0.3, 0.4) is 0 Å². The van der Waals surface area contributed by atoms with Gasteiger partial charge in [0.25, 0.3) is 0 Å². The highest BCUT2D eigenvalue weighted by Gasteiger charge is 2.42. The molecule has 0 bridgehead atoms. The van der Waals surface area contributed by atoms with E-state index < -0.39 is 18.2 Å². The maximum atomic E-state index is 13.5. The molecule has 0 saturated carbocycles. The molecule has 0 heterocycles. The first-order chi connectivity index (χ1) is 19.8. The highest BCUT2D eigenvalue weighted by Crippen LogP contribution is 2.29. The second-order valence-electron chi connectivity index (χ2n) is 10.5. The molecule has 1 atom stereocenters. The predicted octanol–water partition coefficient (Wildman–Crippen LogP) is 10.2. The second-order valence-corrected chi connectivity index (χ2v) is 10.5. The summed E-state index contributed by atoms with van der Waals surface area (Å²) in [6, 6.07) is 23.3. The van der Waals surface area contributed by atoms with Crippen molar-refractivity contribution in [3.05, 3.63) is 83.9 Å². The number of aryl methyl sites for hydroxylation is 1. The Morgan fingerprint density at radius 1 is 0.683 bits per heavy atom. The summed E-state index contributed by atoms with van der Waals surface area (Å²) in [5, 5.41) is 0. The number of hydrogen-bond donors (Lipinski definition) is 0. The van der Waals surface area contributed by atoms with Crippen molar-refractivity contribution in [1.82, 2.24) is 0 Å². The second kappa shape index (κ2) is 17.0. The van der Waals surface area contributed by atoms with Crippen LogP contribution in [0.1, 0.15) is 87.6 Å². The first kappa shape index (κ1) is 32.4. The van der Waals surface area contributed by atoms with Crippen molar-refractivity contribution in [1.29, 1.82) is 0 Å². The van der Waals surface area contributed by atoms with Crippen LogP contribution in [0.2, 0.25) is 0 Å². The molecule has 3 rings (SSSR count). The molecule has 0 aliphatic heterocycles. The number of carbonyl (C=O) groups excluding carboxylic acids is 1. The first-order valence-electron chi connectivity index (χ1n) is 15.0. The summed E-state index contributed by atoms with van der Waals surface area (Å²) in [6.45, 7) is 5.21. The highest BCUT2D eigenvalue weighted by atomic mass is 19.4. The number of unbranched alkanes of at least 4 members (excludes halogenated alkanes) is 6. The molecule has 0 aliphatic carbocycles. The Hall–Kier alpha value is -3.12. The topological polar surface area (TPSA) is 35.5 Å². The minimum atomic E-state index is -4.61. The van der Waals surface area contributed by atoms with Crippen LogP contribution >= 0.6 is 0 Å². The van der Waals surface area contributed by atoms with Crippen LogP contribution in [0.25, 0.3) is 22.3 Å². The van der Waals surface area contributed by atoms with E-state index in [-0.39, 0.29) is 12.0 Å². The van der Waals surface area contributed by atoms with Crippen LogP contribution in [0.4, 0.5) is 13.2 Å². The van der Waals surface area contributed by atoms with E-state index >= 15 is 0 Å². The molecule has 3 aromatic carbocycles. The van der Waals surface area contributed by atoms with Gasteiger partial charge in [-0.2, -0.15) is 13.2 Å². The Morgan fingerprint density at radius 2 is 1.20 bits per heavy atom. The van der Waals surface area contributed by atoms with Gasteiger partial charge in [-0.15, -0.1) is 0 Å². The van der Waals surface area contributed by atoms with Crippen LogP contribution in [-0.4, -0.2) is 31.5 Å². The normalized spacial score (nSPS) is 12.3. The summed E-state index contributed by atoms with van der Waals surface area (Å²) in [4.78, 5) is 12.5. The monoisotopic (exact) mass is 568 g/mol. The Kier molecular flexibility index (Phi) is 13.4. The molecule has 0 unspecified atom stereocenters. The molecule has 0 aromatic heterocycles. The van der Waals surface area contributed by atoms with Gasteiger partial charge < -0.3 is 9.47 Å². The van der Waals surface area contributed by atoms with Gasteiger partial charge in [0.05, 0.1) is 5.56 Å². The number of esters is 1. The Bertz CT molecular complexity index is 1150. The summed E-state index contributed by atoms with van der Waals surface area (Å²) < 4.78 is 50.5. The third-order valence-electron chi connectivity index (χ3n) is 7.27. The van der Waals surface area contributed by atoms with E-state index in [4.69, 9.17) is 9.47 Å². The van der Waals surface area contributed by atoms with Crippen molar-refractivity contribution in [2.75, 3.05) is 13.2 Å². The molecule has 3 aromatic rings. The molecular weight excluding hydrogens is 525 g/mol. The smallest absolute Gasteiger partial charge is 0.425 e. The van der Waals surface area contributed by atoms with Gasteiger partial charge >= 0.3 is 12.1 Å². The van der Waals surface area contributed by atoms with Crippen molar-refractivity contribution in [2.45, 2.75) is 90.3 Å².